The first-order valence-electron chi connectivity index (χ1n) is 9.94. The molecule has 0 bridgehead atoms. The van der Waals surface area contributed by atoms with Crippen molar-refractivity contribution in [2.75, 3.05) is 13.1 Å². The number of likely N-dealkylation sites (N-methyl/N-ethyl adjacent to an activating group) is 1. The zero-order valence-electron chi connectivity index (χ0n) is 16.4. The predicted octanol–water partition coefficient (Wildman–Crippen LogP) is 4.05. The van der Waals surface area contributed by atoms with Crippen molar-refractivity contribution in [3.8, 4) is 0 Å². The van der Waals surface area contributed by atoms with Crippen molar-refractivity contribution in [1.29, 1.82) is 0 Å². The third-order valence-corrected chi connectivity index (χ3v) is 5.35. The molecule has 5 heteroatoms. The molecule has 2 amide bonds. The molecule has 1 fully saturated rings. The number of carbonyl (C=O) groups excluding carboxylic acids is 2. The van der Waals surface area contributed by atoms with E-state index in [0.29, 0.717) is 13.1 Å². The van der Waals surface area contributed by atoms with Crippen LogP contribution in [0.2, 0.25) is 0 Å². The minimum atomic E-state index is -0.727. The van der Waals surface area contributed by atoms with Crippen LogP contribution in [0.15, 0.2) is 54.6 Å². The van der Waals surface area contributed by atoms with Crippen LogP contribution in [0.3, 0.4) is 0 Å². The highest BCUT2D eigenvalue weighted by atomic mass is 19.1. The Kier molecular flexibility index (Phi) is 6.45. The molecule has 28 heavy (non-hydrogen) atoms. The standard InChI is InChI=1S/C23H27FN2O2/c1-3-26(4-2)23(28)21(18-8-6-5-7-9-18)25-22(27)20(16-10-11-16)17-12-14-19(24)15-13-17/h5-9,12-16,20-21H,3-4,10-11H2,1-2H3,(H,25,27)/t20?,21-/m0/s1. The Bertz CT molecular complexity index is 799. The fraction of sp³-hybridized carbons (Fsp3) is 0.391. The lowest BCUT2D eigenvalue weighted by molar-refractivity contribution is -0.136. The van der Waals surface area contributed by atoms with Crippen molar-refractivity contribution in [3.63, 3.8) is 0 Å². The average molecular weight is 382 g/mol. The second-order valence-electron chi connectivity index (χ2n) is 7.23. The molecule has 2 aromatic rings. The van der Waals surface area contributed by atoms with Crippen LogP contribution in [-0.4, -0.2) is 29.8 Å². The van der Waals surface area contributed by atoms with Crippen molar-refractivity contribution in [2.45, 2.75) is 38.6 Å². The Morgan fingerprint density at radius 1 is 1.00 bits per heavy atom. The first-order valence-corrected chi connectivity index (χ1v) is 9.94. The summed E-state index contributed by atoms with van der Waals surface area (Å²) in [4.78, 5) is 28.0. The van der Waals surface area contributed by atoms with Gasteiger partial charge in [0.25, 0.3) is 0 Å². The van der Waals surface area contributed by atoms with Crippen LogP contribution in [-0.2, 0) is 9.59 Å². The Labute approximate surface area is 165 Å². The topological polar surface area (TPSA) is 49.4 Å². The number of halogens is 1. The number of hydrogen-bond acceptors (Lipinski definition) is 2. The highest BCUT2D eigenvalue weighted by Crippen LogP contribution is 2.43. The molecule has 4 nitrogen and oxygen atoms in total. The van der Waals surface area contributed by atoms with Crippen molar-refractivity contribution >= 4 is 11.8 Å². The van der Waals surface area contributed by atoms with E-state index in [-0.39, 0.29) is 29.5 Å². The van der Waals surface area contributed by atoms with Crippen LogP contribution in [0.1, 0.15) is 49.8 Å². The third-order valence-electron chi connectivity index (χ3n) is 5.35. The summed E-state index contributed by atoms with van der Waals surface area (Å²) in [7, 11) is 0. The van der Waals surface area contributed by atoms with Crippen molar-refractivity contribution in [3.05, 3.63) is 71.5 Å². The normalized spacial score (nSPS) is 15.5. The maximum absolute atomic E-state index is 13.3. The third kappa shape index (κ3) is 4.58. The second-order valence-corrected chi connectivity index (χ2v) is 7.23. The molecule has 0 radical (unpaired) electrons. The van der Waals surface area contributed by atoms with Gasteiger partial charge in [-0.2, -0.15) is 0 Å². The van der Waals surface area contributed by atoms with E-state index in [1.165, 1.54) is 12.1 Å². The Morgan fingerprint density at radius 3 is 2.14 bits per heavy atom. The molecular weight excluding hydrogens is 355 g/mol. The molecule has 3 rings (SSSR count). The van der Waals surface area contributed by atoms with Crippen molar-refractivity contribution < 1.29 is 14.0 Å². The zero-order chi connectivity index (χ0) is 20.1. The number of amides is 2. The molecule has 1 saturated carbocycles. The highest BCUT2D eigenvalue weighted by Gasteiger charge is 2.39. The summed E-state index contributed by atoms with van der Waals surface area (Å²) in [5, 5.41) is 2.99. The summed E-state index contributed by atoms with van der Waals surface area (Å²) >= 11 is 0. The van der Waals surface area contributed by atoms with Gasteiger partial charge >= 0.3 is 0 Å². The van der Waals surface area contributed by atoms with Crippen LogP contribution in [0, 0.1) is 11.7 Å². The van der Waals surface area contributed by atoms with Gasteiger partial charge in [-0.05, 0) is 55.9 Å². The number of hydrogen-bond donors (Lipinski definition) is 1. The maximum Gasteiger partial charge on any atom is 0.249 e. The van der Waals surface area contributed by atoms with Gasteiger partial charge in [-0.15, -0.1) is 0 Å². The van der Waals surface area contributed by atoms with Gasteiger partial charge in [-0.3, -0.25) is 9.59 Å². The maximum atomic E-state index is 13.3. The van der Waals surface area contributed by atoms with Crippen molar-refractivity contribution in [1.82, 2.24) is 10.2 Å². The summed E-state index contributed by atoms with van der Waals surface area (Å²) in [5.41, 5.74) is 1.56. The molecule has 2 aromatic carbocycles. The Hall–Kier alpha value is -2.69. The molecule has 148 valence electrons. The van der Waals surface area contributed by atoms with E-state index >= 15 is 0 Å². The number of benzene rings is 2. The summed E-state index contributed by atoms with van der Waals surface area (Å²) in [5.74, 6) is -0.735. The van der Waals surface area contributed by atoms with Crippen LogP contribution in [0.25, 0.3) is 0 Å². The first kappa shape index (κ1) is 20.1. The van der Waals surface area contributed by atoms with Gasteiger partial charge in [0.1, 0.15) is 11.9 Å². The van der Waals surface area contributed by atoms with Crippen LogP contribution in [0.5, 0.6) is 0 Å². The highest BCUT2D eigenvalue weighted by molar-refractivity contribution is 5.91. The molecule has 0 spiro atoms. The molecule has 1 aliphatic carbocycles. The van der Waals surface area contributed by atoms with E-state index < -0.39 is 6.04 Å². The van der Waals surface area contributed by atoms with Gasteiger partial charge < -0.3 is 10.2 Å². The lowest BCUT2D eigenvalue weighted by Gasteiger charge is -2.28. The molecule has 1 aliphatic rings. The van der Waals surface area contributed by atoms with Crippen LogP contribution >= 0.6 is 0 Å². The molecule has 0 saturated heterocycles. The predicted molar refractivity (Wildman–Crippen MR) is 107 cm³/mol. The molecule has 0 aromatic heterocycles. The SMILES string of the molecule is CCN(CC)C(=O)[C@@H](NC(=O)C(c1ccc(F)cc1)C1CC1)c1ccccc1. The lowest BCUT2D eigenvalue weighted by Crippen LogP contribution is -2.44. The van der Waals surface area contributed by atoms with Gasteiger partial charge in [0.15, 0.2) is 0 Å². The Morgan fingerprint density at radius 2 is 1.61 bits per heavy atom. The van der Waals surface area contributed by atoms with Gasteiger partial charge in [0.05, 0.1) is 5.92 Å². The Balaban J connectivity index is 1.87. The van der Waals surface area contributed by atoms with E-state index in [2.05, 4.69) is 5.32 Å². The van der Waals surface area contributed by atoms with E-state index in [1.807, 2.05) is 44.2 Å². The zero-order valence-corrected chi connectivity index (χ0v) is 16.4. The fourth-order valence-corrected chi connectivity index (χ4v) is 3.62. The van der Waals surface area contributed by atoms with Gasteiger partial charge in [0.2, 0.25) is 11.8 Å². The first-order chi connectivity index (χ1) is 13.5. The molecular formula is C23H27FN2O2. The molecule has 0 aliphatic heterocycles. The minimum Gasteiger partial charge on any atom is -0.341 e. The largest absolute Gasteiger partial charge is 0.341 e. The van der Waals surface area contributed by atoms with E-state index in [1.54, 1.807) is 17.0 Å². The molecule has 0 heterocycles. The van der Waals surface area contributed by atoms with E-state index in [9.17, 15) is 14.0 Å². The average Bonchev–Trinajstić information content (AvgIpc) is 3.54. The minimum absolute atomic E-state index is 0.113. The van der Waals surface area contributed by atoms with E-state index in [4.69, 9.17) is 0 Å². The summed E-state index contributed by atoms with van der Waals surface area (Å²) in [6.45, 7) is 5.02. The summed E-state index contributed by atoms with van der Waals surface area (Å²) in [6.07, 6.45) is 1.94. The van der Waals surface area contributed by atoms with Crippen molar-refractivity contribution in [2.24, 2.45) is 5.92 Å². The molecule has 1 N–H and O–H groups in total. The number of carbonyl (C=O) groups is 2. The molecule has 2 atom stereocenters. The monoisotopic (exact) mass is 382 g/mol. The van der Waals surface area contributed by atoms with Crippen LogP contribution in [0.4, 0.5) is 4.39 Å². The summed E-state index contributed by atoms with van der Waals surface area (Å²) < 4.78 is 13.3. The lowest BCUT2D eigenvalue weighted by atomic mass is 9.92. The fourth-order valence-electron chi connectivity index (χ4n) is 3.62. The van der Waals surface area contributed by atoms with E-state index in [0.717, 1.165) is 24.0 Å². The second kappa shape index (κ2) is 9.00. The number of rotatable bonds is 8. The number of nitrogens with zero attached hydrogens (tertiary/aromatic N) is 1. The molecule has 1 unspecified atom stereocenters. The van der Waals surface area contributed by atoms with Gasteiger partial charge in [-0.25, -0.2) is 4.39 Å². The quantitative estimate of drug-likeness (QED) is 0.749. The van der Waals surface area contributed by atoms with Gasteiger partial charge in [-0.1, -0.05) is 42.5 Å². The van der Waals surface area contributed by atoms with Crippen LogP contribution < -0.4 is 5.32 Å². The summed E-state index contributed by atoms with van der Waals surface area (Å²) in [6, 6.07) is 14.7. The van der Waals surface area contributed by atoms with Gasteiger partial charge in [0, 0.05) is 13.1 Å². The number of nitrogens with one attached hydrogen (secondary N) is 1. The smallest absolute Gasteiger partial charge is 0.249 e.